The summed E-state index contributed by atoms with van der Waals surface area (Å²) in [4.78, 5) is 8.15. The van der Waals surface area contributed by atoms with Gasteiger partial charge in [-0.05, 0) is 24.7 Å². The molecule has 2 rings (SSSR count). The topological polar surface area (TPSA) is 36.4 Å². The van der Waals surface area contributed by atoms with Crippen molar-refractivity contribution in [3.63, 3.8) is 0 Å². The van der Waals surface area contributed by atoms with Crippen LogP contribution >= 0.6 is 11.3 Å². The maximum atomic E-state index is 9.48. The van der Waals surface area contributed by atoms with Crippen LogP contribution in [-0.2, 0) is 6.61 Å². The molecule has 0 radical (unpaired) electrons. The molecule has 2 unspecified atom stereocenters. The smallest absolute Gasteiger partial charge is 0.185 e. The highest BCUT2D eigenvalue weighted by Crippen LogP contribution is 2.35. The van der Waals surface area contributed by atoms with Crippen molar-refractivity contribution < 1.29 is 5.11 Å². The number of rotatable bonds is 4. The van der Waals surface area contributed by atoms with Gasteiger partial charge in [0.1, 0.15) is 0 Å². The van der Waals surface area contributed by atoms with Crippen molar-refractivity contribution in [2.45, 2.75) is 65.0 Å². The van der Waals surface area contributed by atoms with Crippen LogP contribution in [0.15, 0.2) is 0 Å². The van der Waals surface area contributed by atoms with Crippen molar-refractivity contribution in [1.82, 2.24) is 4.98 Å². The average molecular weight is 282 g/mol. The molecule has 0 aromatic carbocycles. The van der Waals surface area contributed by atoms with Crippen molar-refractivity contribution >= 4 is 16.5 Å². The molecule has 1 aromatic heterocycles. The van der Waals surface area contributed by atoms with Gasteiger partial charge in [0.2, 0.25) is 0 Å². The van der Waals surface area contributed by atoms with Crippen LogP contribution in [0.25, 0.3) is 0 Å². The molecule has 0 amide bonds. The van der Waals surface area contributed by atoms with E-state index >= 15 is 0 Å². The molecule has 2 atom stereocenters. The van der Waals surface area contributed by atoms with E-state index in [9.17, 15) is 5.11 Å². The van der Waals surface area contributed by atoms with E-state index < -0.39 is 0 Å². The van der Waals surface area contributed by atoms with Crippen LogP contribution in [0.2, 0.25) is 0 Å². The van der Waals surface area contributed by atoms with Crippen LogP contribution in [-0.4, -0.2) is 23.2 Å². The van der Waals surface area contributed by atoms with Gasteiger partial charge in [-0.2, -0.15) is 0 Å². The summed E-state index contributed by atoms with van der Waals surface area (Å²) >= 11 is 1.66. The molecule has 108 valence electrons. The molecule has 1 fully saturated rings. The summed E-state index contributed by atoms with van der Waals surface area (Å²) in [7, 11) is 2.16. The Hall–Kier alpha value is -0.610. The number of nitrogens with zero attached hydrogens (tertiary/aromatic N) is 2. The minimum absolute atomic E-state index is 0.110. The monoisotopic (exact) mass is 282 g/mol. The molecule has 19 heavy (non-hydrogen) atoms. The fraction of sp³-hybridized carbons (Fsp3) is 0.800. The first-order valence-corrected chi connectivity index (χ1v) is 8.19. The molecular weight excluding hydrogens is 256 g/mol. The first kappa shape index (κ1) is 14.8. The number of hydrogen-bond acceptors (Lipinski definition) is 4. The van der Waals surface area contributed by atoms with E-state index in [0.717, 1.165) is 21.6 Å². The van der Waals surface area contributed by atoms with Gasteiger partial charge in [-0.3, -0.25) is 0 Å². The Kier molecular flexibility index (Phi) is 4.85. The number of aliphatic hydroxyl groups excluding tert-OH is 1. The Morgan fingerprint density at radius 1 is 1.37 bits per heavy atom. The van der Waals surface area contributed by atoms with E-state index in [1.807, 2.05) is 0 Å². The van der Waals surface area contributed by atoms with Crippen molar-refractivity contribution in [1.29, 1.82) is 0 Å². The third-order valence-electron chi connectivity index (χ3n) is 4.27. The molecule has 1 N–H and O–H groups in total. The zero-order chi connectivity index (χ0) is 14.0. The van der Waals surface area contributed by atoms with Gasteiger partial charge in [-0.15, -0.1) is 0 Å². The first-order valence-electron chi connectivity index (χ1n) is 7.37. The molecule has 1 aliphatic rings. The quantitative estimate of drug-likeness (QED) is 0.913. The van der Waals surface area contributed by atoms with Crippen LogP contribution in [0, 0.1) is 5.92 Å². The molecule has 1 saturated carbocycles. The van der Waals surface area contributed by atoms with Gasteiger partial charge in [-0.1, -0.05) is 44.9 Å². The molecule has 1 aromatic rings. The van der Waals surface area contributed by atoms with Gasteiger partial charge in [0.15, 0.2) is 5.13 Å². The van der Waals surface area contributed by atoms with Crippen molar-refractivity contribution in [2.75, 3.05) is 11.9 Å². The van der Waals surface area contributed by atoms with Crippen LogP contribution in [0.1, 0.15) is 62.9 Å². The van der Waals surface area contributed by atoms with Crippen LogP contribution < -0.4 is 4.90 Å². The van der Waals surface area contributed by atoms with E-state index in [1.165, 1.54) is 25.7 Å². The van der Waals surface area contributed by atoms with Gasteiger partial charge in [0, 0.05) is 13.1 Å². The Labute approximate surface area is 120 Å². The minimum Gasteiger partial charge on any atom is -0.391 e. The summed E-state index contributed by atoms with van der Waals surface area (Å²) in [6.07, 6.45) is 5.28. The summed E-state index contributed by atoms with van der Waals surface area (Å²) in [6.45, 7) is 6.74. The SMILES string of the molecule is CC(C)c1nc(N(C)C2CCCCC2C)sc1CO. The highest BCUT2D eigenvalue weighted by molar-refractivity contribution is 7.15. The standard InChI is InChI=1S/C15H26N2OS/c1-10(2)14-13(9-18)19-15(16-14)17(4)12-8-6-5-7-11(12)3/h10-12,18H,5-9H2,1-4H3. The second-order valence-electron chi connectivity index (χ2n) is 6.06. The molecule has 1 heterocycles. The number of anilines is 1. The Balaban J connectivity index is 2.20. The molecular formula is C15H26N2OS. The van der Waals surface area contributed by atoms with Crippen LogP contribution in [0.4, 0.5) is 5.13 Å². The number of thiazole rings is 1. The highest BCUT2D eigenvalue weighted by Gasteiger charge is 2.27. The lowest BCUT2D eigenvalue weighted by atomic mass is 9.85. The summed E-state index contributed by atoms with van der Waals surface area (Å²) in [6, 6.07) is 0.603. The van der Waals surface area contributed by atoms with E-state index in [1.54, 1.807) is 11.3 Å². The summed E-state index contributed by atoms with van der Waals surface area (Å²) in [5.41, 5.74) is 1.07. The lowest BCUT2D eigenvalue weighted by Crippen LogP contribution is -2.38. The zero-order valence-corrected chi connectivity index (χ0v) is 13.3. The second kappa shape index (κ2) is 6.23. The minimum atomic E-state index is 0.110. The van der Waals surface area contributed by atoms with Gasteiger partial charge in [-0.25, -0.2) is 4.98 Å². The Morgan fingerprint density at radius 2 is 2.05 bits per heavy atom. The van der Waals surface area contributed by atoms with Crippen molar-refractivity contribution in [3.05, 3.63) is 10.6 Å². The third kappa shape index (κ3) is 3.11. The predicted octanol–water partition coefficient (Wildman–Crippen LogP) is 3.77. The van der Waals surface area contributed by atoms with Gasteiger partial charge >= 0.3 is 0 Å². The van der Waals surface area contributed by atoms with Crippen molar-refractivity contribution in [2.24, 2.45) is 5.92 Å². The zero-order valence-electron chi connectivity index (χ0n) is 12.5. The van der Waals surface area contributed by atoms with E-state index in [0.29, 0.717) is 12.0 Å². The van der Waals surface area contributed by atoms with E-state index in [2.05, 4.69) is 32.7 Å². The van der Waals surface area contributed by atoms with E-state index in [4.69, 9.17) is 4.98 Å². The Morgan fingerprint density at radius 3 is 2.58 bits per heavy atom. The number of hydrogen-bond donors (Lipinski definition) is 1. The van der Waals surface area contributed by atoms with E-state index in [-0.39, 0.29) is 6.61 Å². The lowest BCUT2D eigenvalue weighted by molar-refractivity contribution is 0.283. The van der Waals surface area contributed by atoms with Crippen LogP contribution in [0.5, 0.6) is 0 Å². The van der Waals surface area contributed by atoms with Crippen LogP contribution in [0.3, 0.4) is 0 Å². The molecule has 1 aliphatic carbocycles. The average Bonchev–Trinajstić information content (AvgIpc) is 2.83. The second-order valence-corrected chi connectivity index (χ2v) is 7.12. The molecule has 0 spiro atoms. The fourth-order valence-corrected chi connectivity index (χ4v) is 4.17. The molecule has 0 aliphatic heterocycles. The summed E-state index contributed by atoms with van der Waals surface area (Å²) < 4.78 is 0. The van der Waals surface area contributed by atoms with Crippen molar-refractivity contribution in [3.8, 4) is 0 Å². The summed E-state index contributed by atoms with van der Waals surface area (Å²) in [5.74, 6) is 1.12. The molecule has 0 bridgehead atoms. The normalized spacial score (nSPS) is 23.9. The first-order chi connectivity index (χ1) is 9.04. The van der Waals surface area contributed by atoms with Gasteiger partial charge < -0.3 is 10.0 Å². The Bertz CT molecular complexity index is 416. The number of aliphatic hydroxyl groups is 1. The van der Waals surface area contributed by atoms with Gasteiger partial charge in [0.05, 0.1) is 17.2 Å². The lowest BCUT2D eigenvalue weighted by Gasteiger charge is -2.36. The van der Waals surface area contributed by atoms with Gasteiger partial charge in [0.25, 0.3) is 0 Å². The largest absolute Gasteiger partial charge is 0.391 e. The maximum Gasteiger partial charge on any atom is 0.185 e. The molecule has 4 heteroatoms. The fourth-order valence-electron chi connectivity index (χ4n) is 3.08. The maximum absolute atomic E-state index is 9.48. The third-order valence-corrected chi connectivity index (χ3v) is 5.42. The summed E-state index contributed by atoms with van der Waals surface area (Å²) in [5, 5.41) is 10.6. The molecule has 3 nitrogen and oxygen atoms in total. The highest BCUT2D eigenvalue weighted by atomic mass is 32.1. The predicted molar refractivity (Wildman–Crippen MR) is 81.9 cm³/mol. The number of aromatic nitrogens is 1. The molecule has 0 saturated heterocycles.